The van der Waals surface area contributed by atoms with Crippen molar-refractivity contribution in [3.05, 3.63) is 0 Å². The van der Waals surface area contributed by atoms with Crippen LogP contribution in [0.15, 0.2) is 0 Å². The average Bonchev–Trinajstić information content (AvgIpc) is 2.65. The minimum atomic E-state index is -0.865. The van der Waals surface area contributed by atoms with Gasteiger partial charge in [0.05, 0.1) is 18.0 Å². The van der Waals surface area contributed by atoms with Gasteiger partial charge in [0.15, 0.2) is 0 Å². The Labute approximate surface area is 102 Å². The van der Waals surface area contributed by atoms with Crippen LogP contribution in [0.3, 0.4) is 0 Å². The van der Waals surface area contributed by atoms with Gasteiger partial charge in [-0.2, -0.15) is 0 Å². The van der Waals surface area contributed by atoms with Crippen molar-refractivity contribution in [2.45, 2.75) is 63.5 Å². The van der Waals surface area contributed by atoms with Crippen LogP contribution in [0.25, 0.3) is 0 Å². The summed E-state index contributed by atoms with van der Waals surface area (Å²) in [7, 11) is 0. The van der Waals surface area contributed by atoms with Crippen molar-refractivity contribution in [2.24, 2.45) is 5.73 Å². The Morgan fingerprint density at radius 1 is 1.41 bits per heavy atom. The summed E-state index contributed by atoms with van der Waals surface area (Å²) in [5, 5.41) is 11.8. The van der Waals surface area contributed by atoms with Crippen LogP contribution in [0.4, 0.5) is 0 Å². The predicted octanol–water partition coefficient (Wildman–Crippen LogP) is 1.02. The zero-order valence-electron chi connectivity index (χ0n) is 10.4. The molecule has 0 aromatic heterocycles. The first-order valence-corrected chi connectivity index (χ1v) is 6.28. The molecule has 0 aromatic carbocycles. The maximum atomic E-state index is 11.8. The van der Waals surface area contributed by atoms with Gasteiger partial charge >= 0.3 is 5.97 Å². The van der Waals surface area contributed by atoms with E-state index in [1.807, 2.05) is 6.92 Å². The molecule has 1 rings (SSSR count). The molecular formula is C12H22N2O3. The van der Waals surface area contributed by atoms with Crippen LogP contribution < -0.4 is 11.1 Å². The third-order valence-corrected chi connectivity index (χ3v) is 3.38. The lowest BCUT2D eigenvalue weighted by Gasteiger charge is -2.30. The van der Waals surface area contributed by atoms with E-state index in [1.165, 1.54) is 0 Å². The lowest BCUT2D eigenvalue weighted by Crippen LogP contribution is -2.53. The molecule has 0 saturated heterocycles. The molecule has 1 atom stereocenters. The highest BCUT2D eigenvalue weighted by atomic mass is 16.4. The Bertz CT molecular complexity index is 285. The fourth-order valence-electron chi connectivity index (χ4n) is 2.48. The van der Waals surface area contributed by atoms with Gasteiger partial charge < -0.3 is 16.2 Å². The fraction of sp³-hybridized carbons (Fsp3) is 0.833. The number of carbonyl (C=O) groups is 2. The number of hydrogen-bond acceptors (Lipinski definition) is 3. The highest BCUT2D eigenvalue weighted by molar-refractivity contribution is 5.83. The van der Waals surface area contributed by atoms with Gasteiger partial charge in [0.25, 0.3) is 0 Å². The molecule has 4 N–H and O–H groups in total. The number of hydrogen-bond donors (Lipinski definition) is 3. The second-order valence-electron chi connectivity index (χ2n) is 4.94. The molecule has 1 fully saturated rings. The first-order valence-electron chi connectivity index (χ1n) is 6.28. The van der Waals surface area contributed by atoms with E-state index in [-0.39, 0.29) is 12.3 Å². The van der Waals surface area contributed by atoms with E-state index in [1.54, 1.807) is 0 Å². The third-order valence-electron chi connectivity index (χ3n) is 3.38. The smallest absolute Gasteiger partial charge is 0.305 e. The number of nitrogens with one attached hydrogen (secondary N) is 1. The molecule has 0 bridgehead atoms. The normalized spacial score (nSPS) is 19.9. The van der Waals surface area contributed by atoms with Gasteiger partial charge in [-0.05, 0) is 19.3 Å². The Hall–Kier alpha value is -1.10. The molecule has 0 heterocycles. The molecule has 0 unspecified atom stereocenters. The minimum absolute atomic E-state index is 0.00240. The Morgan fingerprint density at radius 3 is 2.47 bits per heavy atom. The van der Waals surface area contributed by atoms with Crippen LogP contribution in [0.2, 0.25) is 0 Å². The van der Waals surface area contributed by atoms with Gasteiger partial charge in [0, 0.05) is 0 Å². The maximum Gasteiger partial charge on any atom is 0.305 e. The van der Waals surface area contributed by atoms with Gasteiger partial charge in [-0.3, -0.25) is 9.59 Å². The van der Waals surface area contributed by atoms with Crippen molar-refractivity contribution < 1.29 is 14.7 Å². The van der Waals surface area contributed by atoms with E-state index in [0.717, 1.165) is 32.1 Å². The summed E-state index contributed by atoms with van der Waals surface area (Å²) in [6.45, 7) is 1.97. The number of carbonyl (C=O) groups excluding carboxylic acids is 1. The van der Waals surface area contributed by atoms with E-state index in [4.69, 9.17) is 10.8 Å². The van der Waals surface area contributed by atoms with Crippen molar-refractivity contribution in [1.82, 2.24) is 5.32 Å². The van der Waals surface area contributed by atoms with Gasteiger partial charge in [-0.1, -0.05) is 26.2 Å². The van der Waals surface area contributed by atoms with Crippen LogP contribution in [0, 0.1) is 0 Å². The summed E-state index contributed by atoms with van der Waals surface area (Å²) in [5.41, 5.74) is 5.17. The molecule has 5 nitrogen and oxygen atoms in total. The van der Waals surface area contributed by atoms with Gasteiger partial charge in [0.2, 0.25) is 5.91 Å². The van der Waals surface area contributed by atoms with Crippen LogP contribution in [-0.4, -0.2) is 28.6 Å². The maximum absolute atomic E-state index is 11.8. The minimum Gasteiger partial charge on any atom is -0.481 e. The fourth-order valence-corrected chi connectivity index (χ4v) is 2.48. The standard InChI is InChI=1S/C12H22N2O3/c1-2-5-9(13)11(17)14-12(8-10(15)16)6-3-4-7-12/h9H,2-8,13H2,1H3,(H,14,17)(H,15,16)/t9-/m1/s1. The number of amides is 1. The van der Waals surface area contributed by atoms with Gasteiger partial charge in [-0.25, -0.2) is 0 Å². The quantitative estimate of drug-likeness (QED) is 0.648. The monoisotopic (exact) mass is 242 g/mol. The van der Waals surface area contributed by atoms with E-state index >= 15 is 0 Å². The Kier molecular flexibility index (Phi) is 4.93. The number of aliphatic carboxylic acids is 1. The predicted molar refractivity (Wildman–Crippen MR) is 64.5 cm³/mol. The lowest BCUT2D eigenvalue weighted by atomic mass is 9.92. The SMILES string of the molecule is CCC[C@@H](N)C(=O)NC1(CC(=O)O)CCCC1. The first kappa shape index (κ1) is 14.0. The Balaban J connectivity index is 2.60. The highest BCUT2D eigenvalue weighted by Crippen LogP contribution is 2.32. The summed E-state index contributed by atoms with van der Waals surface area (Å²) in [5.74, 6) is -1.08. The average molecular weight is 242 g/mol. The summed E-state index contributed by atoms with van der Waals surface area (Å²) < 4.78 is 0. The molecule has 1 amide bonds. The highest BCUT2D eigenvalue weighted by Gasteiger charge is 2.38. The van der Waals surface area contributed by atoms with Crippen molar-refractivity contribution in [1.29, 1.82) is 0 Å². The van der Waals surface area contributed by atoms with Gasteiger partial charge in [0.1, 0.15) is 0 Å². The second-order valence-corrected chi connectivity index (χ2v) is 4.94. The number of carboxylic acid groups (broad SMARTS) is 1. The van der Waals surface area contributed by atoms with Crippen molar-refractivity contribution >= 4 is 11.9 Å². The molecule has 1 aliphatic carbocycles. The second kappa shape index (κ2) is 6.00. The number of nitrogens with two attached hydrogens (primary N) is 1. The molecular weight excluding hydrogens is 220 g/mol. The van der Waals surface area contributed by atoms with Crippen molar-refractivity contribution in [2.75, 3.05) is 0 Å². The van der Waals surface area contributed by atoms with Crippen molar-refractivity contribution in [3.63, 3.8) is 0 Å². The molecule has 17 heavy (non-hydrogen) atoms. The van der Waals surface area contributed by atoms with E-state index in [2.05, 4.69) is 5.32 Å². The third kappa shape index (κ3) is 4.00. The number of rotatable bonds is 6. The van der Waals surface area contributed by atoms with Crippen LogP contribution in [-0.2, 0) is 9.59 Å². The largest absolute Gasteiger partial charge is 0.481 e. The lowest BCUT2D eigenvalue weighted by molar-refractivity contribution is -0.139. The topological polar surface area (TPSA) is 92.4 Å². The van der Waals surface area contributed by atoms with E-state index < -0.39 is 17.6 Å². The molecule has 0 aliphatic heterocycles. The molecule has 1 aliphatic rings. The summed E-state index contributed by atoms with van der Waals surface area (Å²) in [6.07, 6.45) is 4.90. The van der Waals surface area contributed by atoms with Crippen molar-refractivity contribution in [3.8, 4) is 0 Å². The molecule has 0 radical (unpaired) electrons. The van der Waals surface area contributed by atoms with Crippen LogP contribution in [0.5, 0.6) is 0 Å². The molecule has 98 valence electrons. The van der Waals surface area contributed by atoms with Crippen LogP contribution in [0.1, 0.15) is 51.9 Å². The molecule has 0 spiro atoms. The molecule has 5 heteroatoms. The number of carboxylic acids is 1. The summed E-state index contributed by atoms with van der Waals surface area (Å²) in [4.78, 5) is 22.7. The summed E-state index contributed by atoms with van der Waals surface area (Å²) in [6, 6.07) is -0.522. The molecule has 1 saturated carbocycles. The van der Waals surface area contributed by atoms with Gasteiger partial charge in [-0.15, -0.1) is 0 Å². The van der Waals surface area contributed by atoms with Crippen LogP contribution >= 0.6 is 0 Å². The molecule has 0 aromatic rings. The zero-order valence-corrected chi connectivity index (χ0v) is 10.4. The zero-order chi connectivity index (χ0) is 12.9. The summed E-state index contributed by atoms with van der Waals surface area (Å²) >= 11 is 0. The first-order chi connectivity index (χ1) is 7.99. The van der Waals surface area contributed by atoms with E-state index in [9.17, 15) is 9.59 Å². The van der Waals surface area contributed by atoms with E-state index in [0.29, 0.717) is 6.42 Å². The Morgan fingerprint density at radius 2 is 2.00 bits per heavy atom.